The topological polar surface area (TPSA) is 150 Å². The molecule has 1 fully saturated rings. The fraction of sp³-hybridized carbons (Fsp3) is 0.174. The van der Waals surface area contributed by atoms with Crippen LogP contribution in [0.15, 0.2) is 53.4 Å². The van der Waals surface area contributed by atoms with Crippen molar-refractivity contribution >= 4 is 63.8 Å². The molecule has 11 heteroatoms. The number of thioether (sulfide) groups is 1. The molecule has 1 aliphatic heterocycles. The van der Waals surface area contributed by atoms with Gasteiger partial charge in [-0.25, -0.2) is 0 Å². The Labute approximate surface area is 204 Å². The third-order valence-corrected chi connectivity index (χ3v) is 5.93. The zero-order valence-corrected chi connectivity index (χ0v) is 19.3. The van der Waals surface area contributed by atoms with Crippen LogP contribution in [0.3, 0.4) is 0 Å². The lowest BCUT2D eigenvalue weighted by Gasteiger charge is -2.20. The molecule has 34 heavy (non-hydrogen) atoms. The number of hydrogen-bond donors (Lipinski definition) is 3. The van der Waals surface area contributed by atoms with E-state index in [9.17, 15) is 29.4 Å². The van der Waals surface area contributed by atoms with E-state index in [2.05, 4.69) is 16.0 Å². The summed E-state index contributed by atoms with van der Waals surface area (Å²) in [6.45, 7) is 0.453. The molecule has 0 spiro atoms. The lowest BCUT2D eigenvalue weighted by atomic mass is 10.1. The van der Waals surface area contributed by atoms with Gasteiger partial charge in [0.25, 0.3) is 11.8 Å². The number of carbonyl (C=O) groups excluding carboxylic acids is 4. The second-order valence-corrected chi connectivity index (χ2v) is 9.00. The molecule has 176 valence electrons. The SMILES string of the molecule is O=C([O-])CC[C@@H](NC(=O)c1cccc(NCc2ccc(/C=C3\SC(=S)NC3=O)cc2)c1)C(=O)[O-]. The summed E-state index contributed by atoms with van der Waals surface area (Å²) < 4.78 is 0.431. The van der Waals surface area contributed by atoms with E-state index in [1.807, 2.05) is 24.3 Å². The van der Waals surface area contributed by atoms with Crippen LogP contribution in [0.25, 0.3) is 6.08 Å². The zero-order chi connectivity index (χ0) is 24.7. The number of carbonyl (C=O) groups is 4. The molecule has 3 rings (SSSR count). The number of amides is 2. The van der Waals surface area contributed by atoms with Crippen LogP contribution in [0.4, 0.5) is 5.69 Å². The fourth-order valence-corrected chi connectivity index (χ4v) is 4.08. The fourth-order valence-electron chi connectivity index (χ4n) is 3.03. The quantitative estimate of drug-likeness (QED) is 0.308. The van der Waals surface area contributed by atoms with E-state index < -0.39 is 30.3 Å². The van der Waals surface area contributed by atoms with Crippen molar-refractivity contribution in [3.63, 3.8) is 0 Å². The largest absolute Gasteiger partial charge is 0.550 e. The minimum atomic E-state index is -1.57. The van der Waals surface area contributed by atoms with Crippen LogP contribution < -0.4 is 26.2 Å². The molecule has 9 nitrogen and oxygen atoms in total. The molecule has 1 aliphatic rings. The van der Waals surface area contributed by atoms with Crippen LogP contribution in [0.1, 0.15) is 34.3 Å². The van der Waals surface area contributed by atoms with Crippen molar-refractivity contribution in [2.45, 2.75) is 25.4 Å². The van der Waals surface area contributed by atoms with Gasteiger partial charge in [-0.15, -0.1) is 0 Å². The van der Waals surface area contributed by atoms with Gasteiger partial charge >= 0.3 is 0 Å². The molecule has 1 heterocycles. The van der Waals surface area contributed by atoms with Gasteiger partial charge in [0, 0.05) is 23.8 Å². The first-order chi connectivity index (χ1) is 16.2. The zero-order valence-electron chi connectivity index (χ0n) is 17.7. The van der Waals surface area contributed by atoms with Crippen LogP contribution in [0, 0.1) is 0 Å². The van der Waals surface area contributed by atoms with Crippen molar-refractivity contribution < 1.29 is 29.4 Å². The minimum Gasteiger partial charge on any atom is -0.550 e. The number of rotatable bonds is 10. The summed E-state index contributed by atoms with van der Waals surface area (Å²) in [4.78, 5) is 46.4. The molecule has 0 radical (unpaired) electrons. The van der Waals surface area contributed by atoms with Gasteiger partial charge in [-0.1, -0.05) is 54.3 Å². The molecule has 3 N–H and O–H groups in total. The third kappa shape index (κ3) is 7.15. The number of thiocarbonyl (C=S) groups is 1. The first-order valence-corrected chi connectivity index (χ1v) is 11.3. The van der Waals surface area contributed by atoms with Gasteiger partial charge in [-0.3, -0.25) is 9.59 Å². The Bertz CT molecular complexity index is 1160. The summed E-state index contributed by atoms with van der Waals surface area (Å²) in [5.74, 6) is -3.86. The molecule has 1 atom stereocenters. The Kier molecular flexibility index (Phi) is 8.39. The van der Waals surface area contributed by atoms with E-state index >= 15 is 0 Å². The first kappa shape index (κ1) is 24.9. The van der Waals surface area contributed by atoms with Crippen molar-refractivity contribution in [2.24, 2.45) is 0 Å². The lowest BCUT2D eigenvalue weighted by Crippen LogP contribution is -2.48. The second kappa shape index (κ2) is 11.4. The maximum Gasteiger partial charge on any atom is 0.263 e. The summed E-state index contributed by atoms with van der Waals surface area (Å²) in [5, 5.41) is 29.8. The highest BCUT2D eigenvalue weighted by atomic mass is 32.2. The van der Waals surface area contributed by atoms with Gasteiger partial charge in [-0.2, -0.15) is 0 Å². The summed E-state index contributed by atoms with van der Waals surface area (Å²) in [7, 11) is 0. The Balaban J connectivity index is 1.59. The van der Waals surface area contributed by atoms with E-state index in [4.69, 9.17) is 12.2 Å². The highest BCUT2D eigenvalue weighted by Crippen LogP contribution is 2.26. The van der Waals surface area contributed by atoms with Gasteiger partial charge in [0.15, 0.2) is 0 Å². The van der Waals surface area contributed by atoms with Crippen molar-refractivity contribution in [2.75, 3.05) is 5.32 Å². The van der Waals surface area contributed by atoms with Crippen LogP contribution in [-0.4, -0.2) is 34.1 Å². The van der Waals surface area contributed by atoms with Crippen molar-refractivity contribution in [1.29, 1.82) is 0 Å². The molecule has 0 aromatic heterocycles. The minimum absolute atomic E-state index is 0.205. The summed E-state index contributed by atoms with van der Waals surface area (Å²) >= 11 is 6.19. The molecule has 2 aromatic carbocycles. The van der Waals surface area contributed by atoms with E-state index in [-0.39, 0.29) is 17.9 Å². The average molecular weight is 498 g/mol. The standard InChI is InChI=1S/C23H21N3O6S2/c27-19(28)9-8-17(22(31)32)25-20(29)15-2-1-3-16(11-15)24-12-14-6-4-13(5-7-14)10-18-21(30)26-23(33)34-18/h1-7,10-11,17,24H,8-9,12H2,(H,25,29)(H,27,28)(H,31,32)(H,26,30,33)/p-2/b18-10-/t17-/m1/s1. The number of hydrogen-bond acceptors (Lipinski definition) is 9. The van der Waals surface area contributed by atoms with E-state index in [0.717, 1.165) is 11.1 Å². The molecule has 0 saturated carbocycles. The monoisotopic (exact) mass is 497 g/mol. The van der Waals surface area contributed by atoms with Gasteiger partial charge in [0.2, 0.25) is 0 Å². The molecular weight excluding hydrogens is 478 g/mol. The van der Waals surface area contributed by atoms with Crippen molar-refractivity contribution in [3.05, 3.63) is 70.1 Å². The van der Waals surface area contributed by atoms with Gasteiger partial charge < -0.3 is 35.8 Å². The number of nitrogens with one attached hydrogen (secondary N) is 3. The van der Waals surface area contributed by atoms with Crippen LogP contribution in [0.2, 0.25) is 0 Å². The highest BCUT2D eigenvalue weighted by Gasteiger charge is 2.21. The predicted octanol–water partition coefficient (Wildman–Crippen LogP) is 0.166. The first-order valence-electron chi connectivity index (χ1n) is 10.1. The molecule has 2 amide bonds. The van der Waals surface area contributed by atoms with Crippen LogP contribution >= 0.6 is 24.0 Å². The molecular formula is C23H19N3O6S2-2. The van der Waals surface area contributed by atoms with E-state index in [1.165, 1.54) is 17.8 Å². The highest BCUT2D eigenvalue weighted by molar-refractivity contribution is 8.26. The predicted molar refractivity (Wildman–Crippen MR) is 127 cm³/mol. The molecule has 0 aliphatic carbocycles. The molecule has 2 aromatic rings. The van der Waals surface area contributed by atoms with Crippen molar-refractivity contribution in [3.8, 4) is 0 Å². The molecule has 1 saturated heterocycles. The second-order valence-electron chi connectivity index (χ2n) is 7.28. The molecule has 0 unspecified atom stereocenters. The smallest absolute Gasteiger partial charge is 0.263 e. The Morgan fingerprint density at radius 1 is 1.12 bits per heavy atom. The summed E-state index contributed by atoms with van der Waals surface area (Å²) in [6, 6.07) is 12.5. The van der Waals surface area contributed by atoms with Crippen molar-refractivity contribution in [1.82, 2.24) is 10.6 Å². The van der Waals surface area contributed by atoms with Gasteiger partial charge in [0.1, 0.15) is 4.32 Å². The maximum atomic E-state index is 12.4. The summed E-state index contributed by atoms with van der Waals surface area (Å²) in [6.07, 6.45) is 0.901. The van der Waals surface area contributed by atoms with Gasteiger partial charge in [0.05, 0.1) is 16.9 Å². The Morgan fingerprint density at radius 3 is 2.47 bits per heavy atom. The summed E-state index contributed by atoms with van der Waals surface area (Å²) in [5.41, 5.74) is 2.64. The maximum absolute atomic E-state index is 12.4. The van der Waals surface area contributed by atoms with E-state index in [1.54, 1.807) is 24.3 Å². The van der Waals surface area contributed by atoms with Crippen LogP contribution in [0.5, 0.6) is 0 Å². The number of anilines is 1. The lowest BCUT2D eigenvalue weighted by molar-refractivity contribution is -0.309. The Hall–Kier alpha value is -3.70. The number of aliphatic carboxylic acids is 2. The van der Waals surface area contributed by atoms with Gasteiger partial charge in [-0.05, 0) is 48.2 Å². The number of benzene rings is 2. The normalized spacial score (nSPS) is 15.0. The van der Waals surface area contributed by atoms with Crippen LogP contribution in [-0.2, 0) is 20.9 Å². The average Bonchev–Trinajstić information content (AvgIpc) is 3.12. The Morgan fingerprint density at radius 2 is 1.85 bits per heavy atom. The number of carboxylic acid groups (broad SMARTS) is 2. The molecule has 0 bridgehead atoms. The van der Waals surface area contributed by atoms with E-state index in [0.29, 0.717) is 21.5 Å². The third-order valence-electron chi connectivity index (χ3n) is 4.77. The number of carboxylic acids is 2.